The maximum atomic E-state index is 12.6. The topological polar surface area (TPSA) is 30.5 Å². The molecule has 0 saturated heterocycles. The zero-order valence-electron chi connectivity index (χ0n) is 12.8. The number of halogens is 2. The van der Waals surface area contributed by atoms with Gasteiger partial charge in [-0.1, -0.05) is 18.2 Å². The molecule has 22 heavy (non-hydrogen) atoms. The van der Waals surface area contributed by atoms with Crippen LogP contribution in [0.15, 0.2) is 36.4 Å². The van der Waals surface area contributed by atoms with Crippen molar-refractivity contribution < 1.29 is 18.3 Å². The molecule has 0 amide bonds. The minimum absolute atomic E-state index is 0.0660. The molecule has 0 bridgehead atoms. The average Bonchev–Trinajstić information content (AvgIpc) is 2.49. The zero-order chi connectivity index (χ0) is 16.1. The van der Waals surface area contributed by atoms with Crippen molar-refractivity contribution in [3.63, 3.8) is 0 Å². The van der Waals surface area contributed by atoms with Gasteiger partial charge in [-0.25, -0.2) is 0 Å². The first-order chi connectivity index (χ1) is 10.5. The molecule has 0 fully saturated rings. The summed E-state index contributed by atoms with van der Waals surface area (Å²) in [7, 11) is 1.42. The second-order valence-corrected chi connectivity index (χ2v) is 4.98. The average molecular weight is 307 g/mol. The van der Waals surface area contributed by atoms with E-state index in [-0.39, 0.29) is 5.75 Å². The Morgan fingerprint density at radius 3 is 2.50 bits per heavy atom. The quantitative estimate of drug-likeness (QED) is 0.851. The highest BCUT2D eigenvalue weighted by Gasteiger charge is 2.15. The normalized spacial score (nSPS) is 10.6. The van der Waals surface area contributed by atoms with E-state index in [4.69, 9.17) is 4.74 Å². The lowest BCUT2D eigenvalue weighted by Crippen LogP contribution is -2.08. The molecule has 0 aliphatic carbocycles. The summed E-state index contributed by atoms with van der Waals surface area (Å²) >= 11 is 0. The molecule has 2 aromatic carbocycles. The molecule has 0 heterocycles. The summed E-state index contributed by atoms with van der Waals surface area (Å²) in [4.78, 5) is 0. The van der Waals surface area contributed by atoms with Gasteiger partial charge >= 0.3 is 6.61 Å². The number of aryl methyl sites for hydroxylation is 2. The van der Waals surface area contributed by atoms with Gasteiger partial charge in [-0.3, -0.25) is 0 Å². The molecule has 2 rings (SSSR count). The fourth-order valence-corrected chi connectivity index (χ4v) is 2.13. The zero-order valence-corrected chi connectivity index (χ0v) is 12.8. The van der Waals surface area contributed by atoms with Crippen LogP contribution in [0.4, 0.5) is 14.5 Å². The van der Waals surface area contributed by atoms with Crippen molar-refractivity contribution in [1.82, 2.24) is 0 Å². The molecule has 2 aromatic rings. The second kappa shape index (κ2) is 7.11. The number of para-hydroxylation sites is 1. The molecule has 1 N–H and O–H groups in total. The number of rotatable bonds is 6. The van der Waals surface area contributed by atoms with E-state index >= 15 is 0 Å². The minimum atomic E-state index is -2.89. The fourth-order valence-electron chi connectivity index (χ4n) is 2.13. The Bertz CT molecular complexity index is 645. The first-order valence-corrected chi connectivity index (χ1v) is 6.93. The Kier molecular flexibility index (Phi) is 5.20. The Morgan fingerprint density at radius 2 is 1.86 bits per heavy atom. The van der Waals surface area contributed by atoms with Crippen LogP contribution < -0.4 is 14.8 Å². The number of hydrogen-bond acceptors (Lipinski definition) is 3. The van der Waals surface area contributed by atoms with Crippen LogP contribution in [0.2, 0.25) is 0 Å². The molecule has 5 heteroatoms. The van der Waals surface area contributed by atoms with Gasteiger partial charge in [0.05, 0.1) is 7.11 Å². The Labute approximate surface area is 128 Å². The number of benzene rings is 2. The van der Waals surface area contributed by atoms with Gasteiger partial charge in [0.15, 0.2) is 11.5 Å². The fraction of sp³-hybridized carbons (Fsp3) is 0.294. The molecule has 0 saturated carbocycles. The Balaban J connectivity index is 2.19. The lowest BCUT2D eigenvalue weighted by atomic mass is 10.1. The number of ether oxygens (including phenoxy) is 2. The van der Waals surface area contributed by atoms with Gasteiger partial charge in [0.25, 0.3) is 0 Å². The van der Waals surface area contributed by atoms with Crippen LogP contribution >= 0.6 is 0 Å². The van der Waals surface area contributed by atoms with Crippen LogP contribution in [-0.2, 0) is 6.54 Å². The van der Waals surface area contributed by atoms with Crippen LogP contribution in [0.3, 0.4) is 0 Å². The van der Waals surface area contributed by atoms with Crippen molar-refractivity contribution in [1.29, 1.82) is 0 Å². The molecule has 0 spiro atoms. The monoisotopic (exact) mass is 307 g/mol. The molecule has 0 atom stereocenters. The molecule has 0 unspecified atom stereocenters. The van der Waals surface area contributed by atoms with Crippen molar-refractivity contribution in [2.75, 3.05) is 12.4 Å². The van der Waals surface area contributed by atoms with E-state index in [1.807, 2.05) is 32.0 Å². The van der Waals surface area contributed by atoms with Gasteiger partial charge in [0, 0.05) is 17.8 Å². The number of alkyl halides is 2. The van der Waals surface area contributed by atoms with Gasteiger partial charge in [-0.2, -0.15) is 8.78 Å². The summed E-state index contributed by atoms with van der Waals surface area (Å²) in [6.45, 7) is 1.53. The predicted molar refractivity (Wildman–Crippen MR) is 82.9 cm³/mol. The van der Waals surface area contributed by atoms with E-state index in [2.05, 4.69) is 10.1 Å². The number of nitrogens with one attached hydrogen (secondary N) is 1. The van der Waals surface area contributed by atoms with E-state index in [1.54, 1.807) is 18.2 Å². The summed E-state index contributed by atoms with van der Waals surface area (Å²) in [6, 6.07) is 11.1. The SMILES string of the molecule is COc1cccc(CNc2ccc(C)c(C)c2)c1OC(F)F. The second-order valence-electron chi connectivity index (χ2n) is 4.98. The summed E-state index contributed by atoms with van der Waals surface area (Å²) in [6.07, 6.45) is 0. The molecular weight excluding hydrogens is 288 g/mol. The molecule has 0 aliphatic heterocycles. The maximum Gasteiger partial charge on any atom is 0.387 e. The van der Waals surface area contributed by atoms with Gasteiger partial charge in [-0.15, -0.1) is 0 Å². The van der Waals surface area contributed by atoms with Gasteiger partial charge < -0.3 is 14.8 Å². The van der Waals surface area contributed by atoms with Crippen LogP contribution in [0, 0.1) is 13.8 Å². The summed E-state index contributed by atoms with van der Waals surface area (Å²) in [5.41, 5.74) is 3.90. The van der Waals surface area contributed by atoms with Crippen LogP contribution in [0.1, 0.15) is 16.7 Å². The summed E-state index contributed by atoms with van der Waals surface area (Å²) in [5, 5.41) is 3.21. The van der Waals surface area contributed by atoms with E-state index in [9.17, 15) is 8.78 Å². The molecule has 0 radical (unpaired) electrons. The van der Waals surface area contributed by atoms with Crippen LogP contribution in [0.5, 0.6) is 11.5 Å². The van der Waals surface area contributed by atoms with E-state index < -0.39 is 6.61 Å². The molecular formula is C17H19F2NO2. The lowest BCUT2D eigenvalue weighted by Gasteiger charge is -2.15. The van der Waals surface area contributed by atoms with Crippen molar-refractivity contribution in [2.24, 2.45) is 0 Å². The highest BCUT2D eigenvalue weighted by molar-refractivity contribution is 5.51. The molecule has 3 nitrogen and oxygen atoms in total. The van der Waals surface area contributed by atoms with Crippen LogP contribution in [-0.4, -0.2) is 13.7 Å². The Hall–Kier alpha value is -2.30. The maximum absolute atomic E-state index is 12.6. The first-order valence-electron chi connectivity index (χ1n) is 6.93. The third-order valence-corrected chi connectivity index (χ3v) is 3.48. The van der Waals surface area contributed by atoms with Crippen molar-refractivity contribution in [3.8, 4) is 11.5 Å². The highest BCUT2D eigenvalue weighted by atomic mass is 19.3. The van der Waals surface area contributed by atoms with Crippen LogP contribution in [0.25, 0.3) is 0 Å². The Morgan fingerprint density at radius 1 is 1.09 bits per heavy atom. The third-order valence-electron chi connectivity index (χ3n) is 3.48. The van der Waals surface area contributed by atoms with Crippen molar-refractivity contribution in [2.45, 2.75) is 27.0 Å². The molecule has 0 aromatic heterocycles. The largest absolute Gasteiger partial charge is 0.493 e. The molecule has 118 valence electrons. The standard InChI is InChI=1S/C17H19F2NO2/c1-11-7-8-14(9-12(11)2)20-10-13-5-4-6-15(21-3)16(13)22-17(18)19/h4-9,17,20H,10H2,1-3H3. The number of hydrogen-bond donors (Lipinski definition) is 1. The van der Waals surface area contributed by atoms with E-state index in [0.29, 0.717) is 17.9 Å². The predicted octanol–water partition coefficient (Wildman–Crippen LogP) is 4.53. The van der Waals surface area contributed by atoms with Crippen molar-refractivity contribution >= 4 is 5.69 Å². The van der Waals surface area contributed by atoms with Gasteiger partial charge in [0.2, 0.25) is 0 Å². The molecule has 0 aliphatic rings. The first kappa shape index (κ1) is 16.1. The number of methoxy groups -OCH3 is 1. The lowest BCUT2D eigenvalue weighted by molar-refractivity contribution is -0.0517. The third kappa shape index (κ3) is 3.87. The number of anilines is 1. The smallest absolute Gasteiger partial charge is 0.387 e. The van der Waals surface area contributed by atoms with E-state index in [1.165, 1.54) is 18.2 Å². The summed E-state index contributed by atoms with van der Waals surface area (Å²) in [5.74, 6) is 0.357. The van der Waals surface area contributed by atoms with Gasteiger partial charge in [0.1, 0.15) is 0 Å². The van der Waals surface area contributed by atoms with Gasteiger partial charge in [-0.05, 0) is 43.2 Å². The van der Waals surface area contributed by atoms with E-state index in [0.717, 1.165) is 5.69 Å². The summed E-state index contributed by atoms with van der Waals surface area (Å²) < 4.78 is 34.8. The minimum Gasteiger partial charge on any atom is -0.493 e. The highest BCUT2D eigenvalue weighted by Crippen LogP contribution is 2.33. The van der Waals surface area contributed by atoms with Crippen molar-refractivity contribution in [3.05, 3.63) is 53.1 Å².